The van der Waals surface area contributed by atoms with Crippen molar-refractivity contribution in [2.24, 2.45) is 5.41 Å². The van der Waals surface area contributed by atoms with E-state index >= 15 is 0 Å². The van der Waals surface area contributed by atoms with Gasteiger partial charge in [-0.05, 0) is 49.8 Å². The lowest BCUT2D eigenvalue weighted by Gasteiger charge is -2.27. The number of hydrogen-bond donors (Lipinski definition) is 3. The second kappa shape index (κ2) is 7.58. The standard InChI is InChI=1S/C17H27FN2O2/c1-11-6-7-14(8-15(11)18)13(3)20-16(22)19-10-17(4,5)9-12(2)21/h6-8,12-13,21H,9-10H2,1-5H3,(H2,19,20,22). The van der Waals surface area contributed by atoms with Crippen molar-refractivity contribution in [3.05, 3.63) is 35.1 Å². The number of rotatable bonds is 6. The van der Waals surface area contributed by atoms with Crippen LogP contribution in [0.15, 0.2) is 18.2 Å². The second-order valence-electron chi connectivity index (χ2n) is 6.77. The molecule has 0 bridgehead atoms. The van der Waals surface area contributed by atoms with Crippen molar-refractivity contribution in [1.29, 1.82) is 0 Å². The van der Waals surface area contributed by atoms with Crippen LogP contribution >= 0.6 is 0 Å². The molecular formula is C17H27FN2O2. The number of carbonyl (C=O) groups excluding carboxylic acids is 1. The van der Waals surface area contributed by atoms with Crippen molar-refractivity contribution >= 4 is 6.03 Å². The first-order chi connectivity index (χ1) is 10.1. The molecule has 1 rings (SSSR count). The van der Waals surface area contributed by atoms with Gasteiger partial charge in [0.2, 0.25) is 0 Å². The van der Waals surface area contributed by atoms with Crippen molar-refractivity contribution in [2.45, 2.75) is 53.2 Å². The Morgan fingerprint density at radius 1 is 1.36 bits per heavy atom. The van der Waals surface area contributed by atoms with Crippen molar-refractivity contribution in [2.75, 3.05) is 6.54 Å². The minimum atomic E-state index is -0.408. The van der Waals surface area contributed by atoms with Crippen LogP contribution in [-0.4, -0.2) is 23.8 Å². The predicted octanol–water partition coefficient (Wildman–Crippen LogP) is 3.29. The average molecular weight is 310 g/mol. The van der Waals surface area contributed by atoms with E-state index in [1.54, 1.807) is 26.0 Å². The topological polar surface area (TPSA) is 61.4 Å². The number of nitrogens with one attached hydrogen (secondary N) is 2. The van der Waals surface area contributed by atoms with Crippen LogP contribution in [0.4, 0.5) is 9.18 Å². The zero-order valence-electron chi connectivity index (χ0n) is 14.0. The largest absolute Gasteiger partial charge is 0.393 e. The Hall–Kier alpha value is -1.62. The number of carbonyl (C=O) groups is 1. The smallest absolute Gasteiger partial charge is 0.315 e. The van der Waals surface area contributed by atoms with Crippen molar-refractivity contribution in [3.8, 4) is 0 Å². The molecule has 0 aliphatic heterocycles. The molecule has 0 saturated carbocycles. The molecule has 0 spiro atoms. The SMILES string of the molecule is Cc1ccc(C(C)NC(=O)NCC(C)(C)CC(C)O)cc1F. The maximum atomic E-state index is 13.6. The molecule has 1 aromatic carbocycles. The Morgan fingerprint density at radius 2 is 2.00 bits per heavy atom. The van der Waals surface area contributed by atoms with Crippen LogP contribution in [0, 0.1) is 18.2 Å². The van der Waals surface area contributed by atoms with Gasteiger partial charge in [-0.1, -0.05) is 26.0 Å². The van der Waals surface area contributed by atoms with Gasteiger partial charge in [0, 0.05) is 6.54 Å². The van der Waals surface area contributed by atoms with E-state index in [4.69, 9.17) is 0 Å². The maximum absolute atomic E-state index is 13.6. The van der Waals surface area contributed by atoms with Gasteiger partial charge in [0.05, 0.1) is 12.1 Å². The third kappa shape index (κ3) is 6.02. The van der Waals surface area contributed by atoms with E-state index in [9.17, 15) is 14.3 Å². The first-order valence-electron chi connectivity index (χ1n) is 7.59. The summed E-state index contributed by atoms with van der Waals surface area (Å²) in [5, 5.41) is 15.0. The lowest BCUT2D eigenvalue weighted by molar-refractivity contribution is 0.128. The van der Waals surface area contributed by atoms with Crippen LogP contribution in [0.2, 0.25) is 0 Å². The molecule has 0 aliphatic carbocycles. The number of hydrogen-bond acceptors (Lipinski definition) is 2. The number of aliphatic hydroxyl groups is 1. The zero-order valence-corrected chi connectivity index (χ0v) is 14.0. The second-order valence-corrected chi connectivity index (χ2v) is 6.77. The Labute approximate surface area is 132 Å². The number of aliphatic hydroxyl groups excluding tert-OH is 1. The Kier molecular flexibility index (Phi) is 6.35. The normalized spacial score (nSPS) is 14.3. The molecule has 2 unspecified atom stereocenters. The van der Waals surface area contributed by atoms with Crippen LogP contribution in [0.3, 0.4) is 0 Å². The number of benzene rings is 1. The molecular weight excluding hydrogens is 283 g/mol. The van der Waals surface area contributed by atoms with Gasteiger partial charge in [0.25, 0.3) is 0 Å². The summed E-state index contributed by atoms with van der Waals surface area (Å²) in [6.07, 6.45) is 0.195. The zero-order chi connectivity index (χ0) is 16.9. The van der Waals surface area contributed by atoms with Gasteiger partial charge in [-0.2, -0.15) is 0 Å². The highest BCUT2D eigenvalue weighted by atomic mass is 19.1. The van der Waals surface area contributed by atoms with Crippen LogP contribution in [-0.2, 0) is 0 Å². The average Bonchev–Trinajstić information content (AvgIpc) is 2.38. The molecule has 22 heavy (non-hydrogen) atoms. The minimum Gasteiger partial charge on any atom is -0.393 e. The summed E-state index contributed by atoms with van der Waals surface area (Å²) in [5.74, 6) is -0.273. The highest BCUT2D eigenvalue weighted by Crippen LogP contribution is 2.21. The van der Waals surface area contributed by atoms with Crippen LogP contribution in [0.5, 0.6) is 0 Å². The van der Waals surface area contributed by atoms with Crippen molar-refractivity contribution < 1.29 is 14.3 Å². The van der Waals surface area contributed by atoms with Crippen LogP contribution in [0.25, 0.3) is 0 Å². The van der Waals surface area contributed by atoms with Gasteiger partial charge < -0.3 is 15.7 Å². The van der Waals surface area contributed by atoms with E-state index in [1.807, 2.05) is 20.8 Å². The maximum Gasteiger partial charge on any atom is 0.315 e. The fourth-order valence-electron chi connectivity index (χ4n) is 2.40. The van der Waals surface area contributed by atoms with E-state index < -0.39 is 6.10 Å². The summed E-state index contributed by atoms with van der Waals surface area (Å²) in [7, 11) is 0. The lowest BCUT2D eigenvalue weighted by atomic mass is 9.87. The Balaban J connectivity index is 2.52. The molecule has 0 saturated heterocycles. The monoisotopic (exact) mass is 310 g/mol. The summed E-state index contributed by atoms with van der Waals surface area (Å²) in [6.45, 7) is 9.67. The van der Waals surface area contributed by atoms with Crippen LogP contribution in [0.1, 0.15) is 51.3 Å². The third-order valence-corrected chi connectivity index (χ3v) is 3.62. The number of urea groups is 1. The quantitative estimate of drug-likeness (QED) is 0.755. The summed E-state index contributed by atoms with van der Waals surface area (Å²) in [6, 6.07) is 4.37. The number of amides is 2. The summed E-state index contributed by atoms with van der Waals surface area (Å²) < 4.78 is 13.6. The fraction of sp³-hybridized carbons (Fsp3) is 0.588. The number of halogens is 1. The van der Waals surface area contributed by atoms with E-state index in [0.717, 1.165) is 5.56 Å². The predicted molar refractivity (Wildman–Crippen MR) is 86.2 cm³/mol. The molecule has 0 fully saturated rings. The fourth-order valence-corrected chi connectivity index (χ4v) is 2.40. The molecule has 0 aromatic heterocycles. The molecule has 4 nitrogen and oxygen atoms in total. The van der Waals surface area contributed by atoms with E-state index in [1.165, 1.54) is 6.07 Å². The van der Waals surface area contributed by atoms with E-state index in [2.05, 4.69) is 10.6 Å². The molecule has 0 aliphatic rings. The molecule has 2 atom stereocenters. The van der Waals surface area contributed by atoms with Crippen LogP contribution < -0.4 is 10.6 Å². The first kappa shape index (κ1) is 18.4. The third-order valence-electron chi connectivity index (χ3n) is 3.62. The van der Waals surface area contributed by atoms with Crippen molar-refractivity contribution in [3.63, 3.8) is 0 Å². The summed E-state index contributed by atoms with van der Waals surface area (Å²) in [5.41, 5.74) is 1.12. The Bertz CT molecular complexity index is 515. The molecule has 3 N–H and O–H groups in total. The van der Waals surface area contributed by atoms with Gasteiger partial charge in [-0.3, -0.25) is 0 Å². The van der Waals surface area contributed by atoms with Gasteiger partial charge in [0.1, 0.15) is 5.82 Å². The first-order valence-corrected chi connectivity index (χ1v) is 7.59. The number of aryl methyl sites for hydroxylation is 1. The molecule has 2 amide bonds. The lowest BCUT2D eigenvalue weighted by Crippen LogP contribution is -2.42. The van der Waals surface area contributed by atoms with E-state index in [0.29, 0.717) is 18.5 Å². The van der Waals surface area contributed by atoms with Gasteiger partial charge in [-0.15, -0.1) is 0 Å². The Morgan fingerprint density at radius 3 is 2.55 bits per heavy atom. The highest BCUT2D eigenvalue weighted by Gasteiger charge is 2.21. The molecule has 124 valence electrons. The van der Waals surface area contributed by atoms with Crippen molar-refractivity contribution in [1.82, 2.24) is 10.6 Å². The van der Waals surface area contributed by atoms with Gasteiger partial charge in [-0.25, -0.2) is 9.18 Å². The van der Waals surface area contributed by atoms with Gasteiger partial charge >= 0.3 is 6.03 Å². The van der Waals surface area contributed by atoms with E-state index in [-0.39, 0.29) is 23.3 Å². The minimum absolute atomic E-state index is 0.190. The summed E-state index contributed by atoms with van der Waals surface area (Å²) >= 11 is 0. The molecule has 0 radical (unpaired) electrons. The van der Waals surface area contributed by atoms with Gasteiger partial charge in [0.15, 0.2) is 0 Å². The molecule has 1 aromatic rings. The summed E-state index contributed by atoms with van der Waals surface area (Å²) in [4.78, 5) is 11.9. The molecule has 0 heterocycles. The molecule has 5 heteroatoms. The highest BCUT2D eigenvalue weighted by molar-refractivity contribution is 5.74.